The van der Waals surface area contributed by atoms with Crippen LogP contribution in [0, 0.1) is 0 Å². The number of rotatable bonds is 5. The van der Waals surface area contributed by atoms with Crippen LogP contribution in [0.1, 0.15) is 35.3 Å². The summed E-state index contributed by atoms with van der Waals surface area (Å²) in [6.45, 7) is 1.42. The lowest BCUT2D eigenvalue weighted by molar-refractivity contribution is -0.338. The Morgan fingerprint density at radius 3 is 2.11 bits per heavy atom. The number of hydrogen-bond donors (Lipinski definition) is 1. The fraction of sp³-hybridized carbons (Fsp3) is 0.231. The van der Waals surface area contributed by atoms with Gasteiger partial charge < -0.3 is 5.11 Å². The first-order valence-electron chi connectivity index (χ1n) is 10.9. The van der Waals surface area contributed by atoms with E-state index in [1.54, 1.807) is 54.6 Å². The minimum atomic E-state index is -6.06. The van der Waals surface area contributed by atoms with Gasteiger partial charge in [0.05, 0.1) is 22.5 Å². The normalized spacial score (nSPS) is 16.6. The minimum Gasteiger partial charge on any atom is -0.369 e. The van der Waals surface area contributed by atoms with Gasteiger partial charge in [-0.1, -0.05) is 66.2 Å². The summed E-state index contributed by atoms with van der Waals surface area (Å²) in [6, 6.07) is 17.9. The highest BCUT2D eigenvalue weighted by molar-refractivity contribution is 6.33. The van der Waals surface area contributed by atoms with E-state index in [0.717, 1.165) is 5.01 Å². The van der Waals surface area contributed by atoms with Crippen molar-refractivity contribution < 1.29 is 36.2 Å². The van der Waals surface area contributed by atoms with Crippen LogP contribution >= 0.6 is 11.6 Å². The Morgan fingerprint density at radius 1 is 0.919 bits per heavy atom. The first-order valence-corrected chi connectivity index (χ1v) is 11.3. The zero-order valence-electron chi connectivity index (χ0n) is 19.1. The molecule has 0 amide bonds. The van der Waals surface area contributed by atoms with E-state index in [2.05, 4.69) is 5.10 Å². The van der Waals surface area contributed by atoms with Gasteiger partial charge in [0, 0.05) is 12.0 Å². The maximum atomic E-state index is 13.6. The summed E-state index contributed by atoms with van der Waals surface area (Å²) in [6.07, 6.45) is -13.0. The fourth-order valence-corrected chi connectivity index (χ4v) is 4.37. The molecule has 0 aliphatic carbocycles. The van der Waals surface area contributed by atoms with Gasteiger partial charge in [0.2, 0.25) is 0 Å². The molecule has 0 saturated carbocycles. The molecule has 11 heteroatoms. The topological polar surface area (TPSA) is 52.9 Å². The van der Waals surface area contributed by atoms with Crippen LogP contribution in [-0.4, -0.2) is 34.6 Å². The number of hydrazone groups is 1. The quantitative estimate of drug-likeness (QED) is 0.271. The third-order valence-electron chi connectivity index (χ3n) is 6.15. The van der Waals surface area contributed by atoms with E-state index >= 15 is 0 Å². The van der Waals surface area contributed by atoms with Crippen molar-refractivity contribution in [2.24, 2.45) is 5.10 Å². The number of carbonyl (C=O) groups is 1. The van der Waals surface area contributed by atoms with E-state index in [1.165, 1.54) is 25.1 Å². The Morgan fingerprint density at radius 2 is 1.54 bits per heavy atom. The number of ketones is 1. The number of Topliss-reactive ketones (excluding diaryl/α,β-unsaturated/α-hetero) is 1. The van der Waals surface area contributed by atoms with Crippen LogP contribution in [0.3, 0.4) is 0 Å². The highest BCUT2D eigenvalue weighted by Gasteiger charge is 2.74. The zero-order chi connectivity index (χ0) is 27.2. The molecule has 1 unspecified atom stereocenters. The number of aliphatic hydroxyl groups is 1. The second kappa shape index (κ2) is 9.50. The summed E-state index contributed by atoms with van der Waals surface area (Å²) in [5, 5.41) is 14.6. The molecule has 3 aromatic carbocycles. The molecule has 0 radical (unpaired) electrons. The van der Waals surface area contributed by atoms with Crippen LogP contribution in [-0.2, 0) is 0 Å². The fourth-order valence-electron chi connectivity index (χ4n) is 4.15. The highest BCUT2D eigenvalue weighted by Crippen LogP contribution is 2.49. The number of para-hydroxylation sites is 1. The van der Waals surface area contributed by atoms with Crippen molar-refractivity contribution in [2.75, 3.05) is 5.01 Å². The summed E-state index contributed by atoms with van der Waals surface area (Å²) in [5.41, 5.74) is -4.34. The molecule has 3 aromatic rings. The van der Waals surface area contributed by atoms with Gasteiger partial charge >= 0.3 is 12.4 Å². The van der Waals surface area contributed by atoms with Crippen LogP contribution in [0.4, 0.5) is 32.0 Å². The van der Waals surface area contributed by atoms with Gasteiger partial charge in [0.25, 0.3) is 5.60 Å². The van der Waals surface area contributed by atoms with Gasteiger partial charge in [0.1, 0.15) is 0 Å². The number of alkyl halides is 6. The summed E-state index contributed by atoms with van der Waals surface area (Å²) in [4.78, 5) is 11.7. The largest absolute Gasteiger partial charge is 0.431 e. The third-order valence-corrected chi connectivity index (χ3v) is 6.47. The number of carbonyl (C=O) groups excluding carboxylic acids is 1. The number of anilines is 1. The van der Waals surface area contributed by atoms with Gasteiger partial charge in [0.15, 0.2) is 5.78 Å². The maximum Gasteiger partial charge on any atom is 0.431 e. The van der Waals surface area contributed by atoms with Crippen molar-refractivity contribution in [1.29, 1.82) is 0 Å². The number of nitrogens with zero attached hydrogens (tertiary/aromatic N) is 2. The van der Waals surface area contributed by atoms with Crippen LogP contribution in [0.5, 0.6) is 0 Å². The first kappa shape index (κ1) is 26.7. The molecule has 1 aliphatic rings. The molecule has 1 atom stereocenters. The minimum absolute atomic E-state index is 0.0534. The molecule has 1 N–H and O–H groups in total. The molecular formula is C26H19ClF6N2O2. The van der Waals surface area contributed by atoms with Crippen molar-refractivity contribution in [3.05, 3.63) is 88.9 Å². The predicted octanol–water partition coefficient (Wildman–Crippen LogP) is 7.37. The molecule has 1 aliphatic heterocycles. The summed E-state index contributed by atoms with van der Waals surface area (Å²) < 4.78 is 81.6. The summed E-state index contributed by atoms with van der Waals surface area (Å²) in [5.74, 6) is -0.133. The average molecular weight is 541 g/mol. The molecule has 0 spiro atoms. The summed E-state index contributed by atoms with van der Waals surface area (Å²) in [7, 11) is 0. The van der Waals surface area contributed by atoms with E-state index in [0.29, 0.717) is 22.3 Å². The molecule has 37 heavy (non-hydrogen) atoms. The van der Waals surface area contributed by atoms with E-state index in [1.807, 2.05) is 0 Å². The Labute approximate surface area is 212 Å². The molecule has 194 valence electrons. The Bertz CT molecular complexity index is 1340. The SMILES string of the molecule is CC(=O)c1cccc(-c2ccc(C3CC(C(O)(C(F)(F)F)C(F)(F)F)=NN3c3ccccc3Cl)cc2)c1. The number of hydrogen-bond acceptors (Lipinski definition) is 4. The Balaban J connectivity index is 1.77. The van der Waals surface area contributed by atoms with Gasteiger partial charge in [-0.25, -0.2) is 0 Å². The maximum absolute atomic E-state index is 13.6. The van der Waals surface area contributed by atoms with Crippen LogP contribution in [0.2, 0.25) is 5.02 Å². The Hall–Kier alpha value is -3.37. The van der Waals surface area contributed by atoms with Gasteiger partial charge in [-0.05, 0) is 41.8 Å². The lowest BCUT2D eigenvalue weighted by Crippen LogP contribution is -2.62. The first-order chi connectivity index (χ1) is 17.2. The van der Waals surface area contributed by atoms with Crippen molar-refractivity contribution in [2.45, 2.75) is 37.3 Å². The van der Waals surface area contributed by atoms with Crippen molar-refractivity contribution in [3.8, 4) is 11.1 Å². The van der Waals surface area contributed by atoms with Crippen molar-refractivity contribution in [1.82, 2.24) is 0 Å². The van der Waals surface area contributed by atoms with E-state index in [4.69, 9.17) is 11.6 Å². The van der Waals surface area contributed by atoms with Gasteiger partial charge in [-0.2, -0.15) is 31.4 Å². The second-order valence-corrected chi connectivity index (χ2v) is 8.93. The Kier molecular flexibility index (Phi) is 6.85. The van der Waals surface area contributed by atoms with Crippen LogP contribution in [0.25, 0.3) is 11.1 Å². The van der Waals surface area contributed by atoms with E-state index in [-0.39, 0.29) is 16.5 Å². The molecule has 4 nitrogen and oxygen atoms in total. The van der Waals surface area contributed by atoms with Crippen molar-refractivity contribution >= 4 is 28.8 Å². The summed E-state index contributed by atoms with van der Waals surface area (Å²) >= 11 is 6.20. The average Bonchev–Trinajstić information content (AvgIpc) is 3.28. The molecule has 0 bridgehead atoms. The predicted molar refractivity (Wildman–Crippen MR) is 128 cm³/mol. The van der Waals surface area contributed by atoms with Crippen LogP contribution < -0.4 is 5.01 Å². The highest BCUT2D eigenvalue weighted by atomic mass is 35.5. The van der Waals surface area contributed by atoms with Crippen LogP contribution in [0.15, 0.2) is 77.9 Å². The smallest absolute Gasteiger partial charge is 0.369 e. The van der Waals surface area contributed by atoms with Gasteiger partial charge in [-0.3, -0.25) is 9.80 Å². The number of halogens is 7. The van der Waals surface area contributed by atoms with E-state index in [9.17, 15) is 36.2 Å². The standard InChI is InChI=1S/C26H19ClF6N2O2/c1-15(36)18-5-4-6-19(13-18)16-9-11-17(12-10-16)22-14-23(24(37,25(28,29)30)26(31,32)33)34-35(22)21-8-3-2-7-20(21)27/h2-13,22,37H,14H2,1H3. The lowest BCUT2D eigenvalue weighted by atomic mass is 9.89. The molecule has 1 heterocycles. The number of benzene rings is 3. The molecule has 0 fully saturated rings. The second-order valence-electron chi connectivity index (χ2n) is 8.53. The van der Waals surface area contributed by atoms with Gasteiger partial charge in [-0.15, -0.1) is 0 Å². The molecular weight excluding hydrogens is 522 g/mol. The van der Waals surface area contributed by atoms with Crippen molar-refractivity contribution in [3.63, 3.8) is 0 Å². The van der Waals surface area contributed by atoms with E-state index < -0.39 is 36.1 Å². The zero-order valence-corrected chi connectivity index (χ0v) is 19.9. The molecule has 0 saturated heterocycles. The third kappa shape index (κ3) is 4.83. The monoisotopic (exact) mass is 540 g/mol. The lowest BCUT2D eigenvalue weighted by Gasteiger charge is -2.32. The molecule has 4 rings (SSSR count). The molecule has 0 aromatic heterocycles.